The molecule has 0 fully saturated rings. The SMILES string of the molecule is CC(C)[C@@H](NC(=O)OC(C)(C)C)[C@H](NNC(=O)OCc1ccccc1)C(=O)O. The van der Waals surface area contributed by atoms with Crippen LogP contribution in [0.25, 0.3) is 0 Å². The van der Waals surface area contributed by atoms with Gasteiger partial charge in [-0.05, 0) is 32.3 Å². The number of hydrazine groups is 1. The summed E-state index contributed by atoms with van der Waals surface area (Å²) in [6.07, 6.45) is -1.58. The lowest BCUT2D eigenvalue weighted by atomic mass is 9.97. The molecule has 0 aliphatic heterocycles. The van der Waals surface area contributed by atoms with E-state index in [0.717, 1.165) is 5.56 Å². The van der Waals surface area contributed by atoms with Gasteiger partial charge in [0.25, 0.3) is 0 Å². The summed E-state index contributed by atoms with van der Waals surface area (Å²) in [5, 5.41) is 12.1. The Balaban J connectivity index is 2.65. The summed E-state index contributed by atoms with van der Waals surface area (Å²) in [7, 11) is 0. The van der Waals surface area contributed by atoms with Crippen molar-refractivity contribution in [2.45, 2.75) is 58.9 Å². The molecule has 0 unspecified atom stereocenters. The molecular formula is C19H29N3O6. The number of ether oxygens (including phenoxy) is 2. The van der Waals surface area contributed by atoms with Gasteiger partial charge in [0.1, 0.15) is 18.2 Å². The number of alkyl carbamates (subject to hydrolysis) is 1. The molecule has 1 aromatic carbocycles. The molecule has 2 atom stereocenters. The van der Waals surface area contributed by atoms with Crippen LogP contribution in [-0.4, -0.2) is 40.9 Å². The number of carbonyl (C=O) groups excluding carboxylic acids is 2. The fourth-order valence-electron chi connectivity index (χ4n) is 2.28. The summed E-state index contributed by atoms with van der Waals surface area (Å²) >= 11 is 0. The molecule has 0 saturated heterocycles. The zero-order valence-corrected chi connectivity index (χ0v) is 16.8. The Morgan fingerprint density at radius 3 is 2.18 bits per heavy atom. The average Bonchev–Trinajstić information content (AvgIpc) is 2.58. The van der Waals surface area contributed by atoms with Gasteiger partial charge in [0, 0.05) is 0 Å². The number of benzene rings is 1. The highest BCUT2D eigenvalue weighted by Crippen LogP contribution is 2.11. The second-order valence-electron chi connectivity index (χ2n) is 7.56. The minimum Gasteiger partial charge on any atom is -0.480 e. The van der Waals surface area contributed by atoms with Crippen LogP contribution in [0.4, 0.5) is 9.59 Å². The smallest absolute Gasteiger partial charge is 0.421 e. The van der Waals surface area contributed by atoms with Crippen LogP contribution in [0.2, 0.25) is 0 Å². The maximum absolute atomic E-state index is 12.0. The van der Waals surface area contributed by atoms with E-state index in [-0.39, 0.29) is 12.5 Å². The summed E-state index contributed by atoms with van der Waals surface area (Å²) in [4.78, 5) is 35.5. The largest absolute Gasteiger partial charge is 0.480 e. The van der Waals surface area contributed by atoms with Crippen LogP contribution in [0.15, 0.2) is 30.3 Å². The number of hydrogen-bond donors (Lipinski definition) is 4. The van der Waals surface area contributed by atoms with Crippen LogP contribution in [0, 0.1) is 5.92 Å². The van der Waals surface area contributed by atoms with Gasteiger partial charge in [-0.15, -0.1) is 0 Å². The van der Waals surface area contributed by atoms with Crippen molar-refractivity contribution in [2.24, 2.45) is 5.92 Å². The standard InChI is InChI=1S/C19H29N3O6/c1-12(2)14(20-17(25)28-19(3,4)5)15(16(23)24)21-22-18(26)27-11-13-9-7-6-8-10-13/h6-10,12,14-15,21H,11H2,1-5H3,(H,20,25)(H,22,26)(H,23,24)/t14-,15+/m1/s1. The summed E-state index contributed by atoms with van der Waals surface area (Å²) in [5.41, 5.74) is 4.68. The van der Waals surface area contributed by atoms with Gasteiger partial charge < -0.3 is 19.9 Å². The van der Waals surface area contributed by atoms with E-state index >= 15 is 0 Å². The first kappa shape index (κ1) is 23.2. The first-order valence-corrected chi connectivity index (χ1v) is 8.94. The molecule has 0 radical (unpaired) electrons. The third-order valence-electron chi connectivity index (χ3n) is 3.57. The highest BCUT2D eigenvalue weighted by Gasteiger charge is 2.33. The van der Waals surface area contributed by atoms with E-state index in [1.807, 2.05) is 18.2 Å². The van der Waals surface area contributed by atoms with Crippen LogP contribution in [0.5, 0.6) is 0 Å². The molecule has 0 aromatic heterocycles. The Labute approximate surface area is 164 Å². The number of aliphatic carboxylic acids is 1. The fourth-order valence-corrected chi connectivity index (χ4v) is 2.28. The zero-order chi connectivity index (χ0) is 21.3. The molecule has 9 nitrogen and oxygen atoms in total. The van der Waals surface area contributed by atoms with Crippen molar-refractivity contribution in [1.82, 2.24) is 16.2 Å². The summed E-state index contributed by atoms with van der Waals surface area (Å²) in [5.74, 6) is -1.51. The minimum absolute atomic E-state index is 0.0376. The second kappa shape index (κ2) is 10.5. The van der Waals surface area contributed by atoms with Crippen LogP contribution < -0.4 is 16.2 Å². The van der Waals surface area contributed by atoms with Gasteiger partial charge >= 0.3 is 18.2 Å². The van der Waals surface area contributed by atoms with Crippen molar-refractivity contribution < 1.29 is 29.0 Å². The monoisotopic (exact) mass is 395 g/mol. The number of amides is 2. The molecule has 0 bridgehead atoms. The van der Waals surface area contributed by atoms with Crippen molar-refractivity contribution >= 4 is 18.2 Å². The molecule has 156 valence electrons. The number of carbonyl (C=O) groups is 3. The van der Waals surface area contributed by atoms with Crippen LogP contribution in [0.1, 0.15) is 40.2 Å². The van der Waals surface area contributed by atoms with E-state index < -0.39 is 35.8 Å². The Morgan fingerprint density at radius 1 is 1.07 bits per heavy atom. The second-order valence-corrected chi connectivity index (χ2v) is 7.56. The van der Waals surface area contributed by atoms with E-state index in [4.69, 9.17) is 9.47 Å². The molecule has 0 heterocycles. The number of carboxylic acids is 1. The Bertz CT molecular complexity index is 657. The van der Waals surface area contributed by atoms with Crippen LogP contribution >= 0.6 is 0 Å². The number of rotatable bonds is 8. The minimum atomic E-state index is -1.29. The molecule has 2 amide bonds. The predicted octanol–water partition coefficient (Wildman–Crippen LogP) is 2.42. The number of carboxylic acid groups (broad SMARTS) is 1. The van der Waals surface area contributed by atoms with Crippen molar-refractivity contribution in [3.8, 4) is 0 Å². The highest BCUT2D eigenvalue weighted by molar-refractivity contribution is 5.77. The lowest BCUT2D eigenvalue weighted by molar-refractivity contribution is -0.140. The van der Waals surface area contributed by atoms with Gasteiger partial charge in [-0.2, -0.15) is 0 Å². The Kier molecular flexibility index (Phi) is 8.72. The Morgan fingerprint density at radius 2 is 1.68 bits per heavy atom. The summed E-state index contributed by atoms with van der Waals surface area (Å²) < 4.78 is 10.2. The van der Waals surface area contributed by atoms with Gasteiger partial charge in [0.05, 0.1) is 6.04 Å². The van der Waals surface area contributed by atoms with Gasteiger partial charge in [-0.3, -0.25) is 10.2 Å². The van der Waals surface area contributed by atoms with Crippen molar-refractivity contribution in [1.29, 1.82) is 0 Å². The topological polar surface area (TPSA) is 126 Å². The molecule has 28 heavy (non-hydrogen) atoms. The molecule has 9 heteroatoms. The molecule has 0 aliphatic rings. The van der Waals surface area contributed by atoms with Gasteiger partial charge in [-0.1, -0.05) is 44.2 Å². The summed E-state index contributed by atoms with van der Waals surface area (Å²) in [6, 6.07) is 6.90. The molecule has 0 spiro atoms. The highest BCUT2D eigenvalue weighted by atomic mass is 16.6. The quantitative estimate of drug-likeness (QED) is 0.498. The van der Waals surface area contributed by atoms with E-state index in [1.165, 1.54) is 0 Å². The van der Waals surface area contributed by atoms with Crippen LogP contribution in [-0.2, 0) is 20.9 Å². The van der Waals surface area contributed by atoms with E-state index in [1.54, 1.807) is 46.8 Å². The lowest BCUT2D eigenvalue weighted by Crippen LogP contribution is -2.60. The fraction of sp³-hybridized carbons (Fsp3) is 0.526. The van der Waals surface area contributed by atoms with Crippen molar-refractivity contribution in [2.75, 3.05) is 0 Å². The average molecular weight is 395 g/mol. The van der Waals surface area contributed by atoms with Crippen LogP contribution in [0.3, 0.4) is 0 Å². The number of nitrogens with one attached hydrogen (secondary N) is 3. The molecule has 1 rings (SSSR count). The lowest BCUT2D eigenvalue weighted by Gasteiger charge is -2.30. The molecular weight excluding hydrogens is 366 g/mol. The Hall–Kier alpha value is -2.81. The number of hydrogen-bond acceptors (Lipinski definition) is 6. The maximum Gasteiger partial charge on any atom is 0.421 e. The third-order valence-corrected chi connectivity index (χ3v) is 3.57. The molecule has 1 aromatic rings. The molecule has 0 aliphatic carbocycles. The van der Waals surface area contributed by atoms with Crippen molar-refractivity contribution in [3.05, 3.63) is 35.9 Å². The van der Waals surface area contributed by atoms with Gasteiger partial charge in [0.2, 0.25) is 0 Å². The predicted molar refractivity (Wildman–Crippen MR) is 102 cm³/mol. The van der Waals surface area contributed by atoms with E-state index in [9.17, 15) is 19.5 Å². The summed E-state index contributed by atoms with van der Waals surface area (Å²) in [6.45, 7) is 8.63. The van der Waals surface area contributed by atoms with E-state index in [2.05, 4.69) is 16.2 Å². The first-order valence-electron chi connectivity index (χ1n) is 8.94. The zero-order valence-electron chi connectivity index (χ0n) is 16.8. The maximum atomic E-state index is 12.0. The van der Waals surface area contributed by atoms with Crippen molar-refractivity contribution in [3.63, 3.8) is 0 Å². The molecule has 0 saturated carbocycles. The molecule has 4 N–H and O–H groups in total. The van der Waals surface area contributed by atoms with Gasteiger partial charge in [-0.25, -0.2) is 15.0 Å². The third kappa shape index (κ3) is 8.72. The first-order chi connectivity index (χ1) is 13.0. The normalized spacial score (nSPS) is 13.4. The van der Waals surface area contributed by atoms with Gasteiger partial charge in [0.15, 0.2) is 0 Å². The van der Waals surface area contributed by atoms with E-state index in [0.29, 0.717) is 0 Å².